The molecule has 16 heavy (non-hydrogen) atoms. The van der Waals surface area contributed by atoms with Gasteiger partial charge in [0.15, 0.2) is 0 Å². The van der Waals surface area contributed by atoms with Crippen LogP contribution in [0, 0.1) is 0 Å². The smallest absolute Gasteiger partial charge is 0.0751 e. The van der Waals surface area contributed by atoms with Gasteiger partial charge < -0.3 is 10.2 Å². The average Bonchev–Trinajstić information content (AvgIpc) is 2.31. The Bertz CT molecular complexity index is 144. The molecule has 0 spiro atoms. The van der Waals surface area contributed by atoms with Gasteiger partial charge in [-0.05, 0) is 19.3 Å². The van der Waals surface area contributed by atoms with Crippen molar-refractivity contribution in [2.75, 3.05) is 6.61 Å². The summed E-state index contributed by atoms with van der Waals surface area (Å²) in [5, 5.41) is 17.0. The minimum atomic E-state index is 0.349. The van der Waals surface area contributed by atoms with Crippen LogP contribution in [0.2, 0.25) is 0 Å². The van der Waals surface area contributed by atoms with Crippen LogP contribution in [-0.4, -0.2) is 16.8 Å². The Morgan fingerprint density at radius 1 is 0.625 bits per heavy atom. The van der Waals surface area contributed by atoms with E-state index in [1.807, 2.05) is 6.08 Å². The molecule has 96 valence electrons. The van der Waals surface area contributed by atoms with Crippen molar-refractivity contribution in [1.82, 2.24) is 0 Å². The molecule has 0 aliphatic heterocycles. The Morgan fingerprint density at radius 2 is 1.06 bits per heavy atom. The van der Waals surface area contributed by atoms with Crippen LogP contribution in [0.5, 0.6) is 0 Å². The highest BCUT2D eigenvalue weighted by molar-refractivity contribution is 4.70. The van der Waals surface area contributed by atoms with Crippen LogP contribution in [0.4, 0.5) is 0 Å². The minimum absolute atomic E-state index is 0.349. The Kier molecular flexibility index (Phi) is 14.0. The summed E-state index contributed by atoms with van der Waals surface area (Å²) in [5.41, 5.74) is 0. The Morgan fingerprint density at radius 3 is 1.50 bits per heavy atom. The van der Waals surface area contributed by atoms with E-state index in [-0.39, 0.29) is 0 Å². The second-order valence-corrected chi connectivity index (χ2v) is 4.43. The van der Waals surface area contributed by atoms with Crippen LogP contribution in [0.25, 0.3) is 0 Å². The normalized spacial score (nSPS) is 11.3. The van der Waals surface area contributed by atoms with Gasteiger partial charge in [-0.15, -0.1) is 0 Å². The van der Waals surface area contributed by atoms with Gasteiger partial charge in [0, 0.05) is 6.61 Å². The van der Waals surface area contributed by atoms with Gasteiger partial charge in [0.05, 0.1) is 6.26 Å². The summed E-state index contributed by atoms with van der Waals surface area (Å²) < 4.78 is 0. The van der Waals surface area contributed by atoms with Gasteiger partial charge in [-0.3, -0.25) is 0 Å². The van der Waals surface area contributed by atoms with Crippen molar-refractivity contribution >= 4 is 0 Å². The second-order valence-electron chi connectivity index (χ2n) is 4.43. The first kappa shape index (κ1) is 15.5. The molecule has 0 atom stereocenters. The van der Waals surface area contributed by atoms with Gasteiger partial charge in [0.1, 0.15) is 0 Å². The molecule has 0 saturated heterocycles. The van der Waals surface area contributed by atoms with Gasteiger partial charge >= 0.3 is 0 Å². The number of hydrogen-bond acceptors (Lipinski definition) is 2. The van der Waals surface area contributed by atoms with Gasteiger partial charge in [-0.1, -0.05) is 57.4 Å². The molecule has 0 bridgehead atoms. The third-order valence-corrected chi connectivity index (χ3v) is 2.88. The first-order valence-electron chi connectivity index (χ1n) is 6.82. The highest BCUT2D eigenvalue weighted by atomic mass is 16.3. The molecule has 2 heteroatoms. The zero-order chi connectivity index (χ0) is 11.9. The molecular formula is C14H28O2. The topological polar surface area (TPSA) is 40.5 Å². The van der Waals surface area contributed by atoms with Crippen LogP contribution in [0.1, 0.15) is 70.6 Å². The van der Waals surface area contributed by atoms with Crippen LogP contribution in [0.3, 0.4) is 0 Å². The van der Waals surface area contributed by atoms with Gasteiger partial charge in [0.25, 0.3) is 0 Å². The molecule has 0 aliphatic carbocycles. The lowest BCUT2D eigenvalue weighted by molar-refractivity contribution is 0.282. The monoisotopic (exact) mass is 228 g/mol. The van der Waals surface area contributed by atoms with Crippen molar-refractivity contribution in [1.29, 1.82) is 0 Å². The summed E-state index contributed by atoms with van der Waals surface area (Å²) in [5.74, 6) is 0. The van der Waals surface area contributed by atoms with Gasteiger partial charge in [0.2, 0.25) is 0 Å². The van der Waals surface area contributed by atoms with E-state index in [1.54, 1.807) is 0 Å². The summed E-state index contributed by atoms with van der Waals surface area (Å²) in [4.78, 5) is 0. The number of allylic oxidation sites excluding steroid dienone is 1. The highest BCUT2D eigenvalue weighted by Gasteiger charge is 1.92. The zero-order valence-corrected chi connectivity index (χ0v) is 10.5. The maximum atomic E-state index is 8.61. The SMILES string of the molecule is OC=CCCCCCCCCCCCCO. The molecule has 2 nitrogen and oxygen atoms in total. The van der Waals surface area contributed by atoms with Crippen molar-refractivity contribution in [3.8, 4) is 0 Å². The number of rotatable bonds is 12. The predicted octanol–water partition coefficient (Wildman–Crippen LogP) is 4.34. The van der Waals surface area contributed by atoms with E-state index in [0.29, 0.717) is 6.61 Å². The van der Waals surface area contributed by atoms with Crippen molar-refractivity contribution in [3.63, 3.8) is 0 Å². The third kappa shape index (κ3) is 13.5. The van der Waals surface area contributed by atoms with Crippen LogP contribution in [0.15, 0.2) is 12.3 Å². The maximum Gasteiger partial charge on any atom is 0.0751 e. The lowest BCUT2D eigenvalue weighted by atomic mass is 10.1. The molecule has 2 N–H and O–H groups in total. The average molecular weight is 228 g/mol. The third-order valence-electron chi connectivity index (χ3n) is 2.88. The second kappa shape index (κ2) is 14.5. The van der Waals surface area contributed by atoms with Crippen molar-refractivity contribution in [3.05, 3.63) is 12.3 Å². The lowest BCUT2D eigenvalue weighted by Crippen LogP contribution is -1.84. The number of hydrogen-bond donors (Lipinski definition) is 2. The van der Waals surface area contributed by atoms with Crippen LogP contribution >= 0.6 is 0 Å². The van der Waals surface area contributed by atoms with Crippen LogP contribution in [-0.2, 0) is 0 Å². The number of aliphatic hydroxyl groups excluding tert-OH is 2. The Labute approximate surface area is 100 Å². The van der Waals surface area contributed by atoms with E-state index >= 15 is 0 Å². The first-order valence-corrected chi connectivity index (χ1v) is 6.82. The van der Waals surface area contributed by atoms with Crippen molar-refractivity contribution in [2.24, 2.45) is 0 Å². The molecule has 0 rings (SSSR count). The summed E-state index contributed by atoms with van der Waals surface area (Å²) >= 11 is 0. The fraction of sp³-hybridized carbons (Fsp3) is 0.857. The molecule has 0 aromatic heterocycles. The van der Waals surface area contributed by atoms with Crippen molar-refractivity contribution < 1.29 is 10.2 Å². The fourth-order valence-electron chi connectivity index (χ4n) is 1.86. The quantitative estimate of drug-likeness (QED) is 0.385. The van der Waals surface area contributed by atoms with E-state index in [0.717, 1.165) is 19.1 Å². The molecular weight excluding hydrogens is 200 g/mol. The molecule has 0 unspecified atom stereocenters. The molecule has 0 aromatic carbocycles. The largest absolute Gasteiger partial charge is 0.516 e. The lowest BCUT2D eigenvalue weighted by Gasteiger charge is -2.01. The summed E-state index contributed by atoms with van der Waals surface area (Å²) in [6.45, 7) is 0.349. The van der Waals surface area contributed by atoms with Gasteiger partial charge in [-0.25, -0.2) is 0 Å². The van der Waals surface area contributed by atoms with E-state index in [4.69, 9.17) is 10.2 Å². The molecule has 0 saturated carbocycles. The molecule has 0 heterocycles. The summed E-state index contributed by atoms with van der Waals surface area (Å²) in [7, 11) is 0. The Hall–Kier alpha value is -0.500. The summed E-state index contributed by atoms with van der Waals surface area (Å²) in [6.07, 6.45) is 16.6. The fourth-order valence-corrected chi connectivity index (χ4v) is 1.86. The zero-order valence-electron chi connectivity index (χ0n) is 10.5. The maximum absolute atomic E-state index is 8.61. The van der Waals surface area contributed by atoms with E-state index < -0.39 is 0 Å². The molecule has 0 aromatic rings. The van der Waals surface area contributed by atoms with Gasteiger partial charge in [-0.2, -0.15) is 0 Å². The molecule has 0 aliphatic rings. The van der Waals surface area contributed by atoms with E-state index in [2.05, 4.69) is 0 Å². The van der Waals surface area contributed by atoms with Crippen molar-refractivity contribution in [2.45, 2.75) is 70.6 Å². The van der Waals surface area contributed by atoms with E-state index in [1.165, 1.54) is 57.8 Å². The Balaban J connectivity index is 2.88. The molecule has 0 amide bonds. The predicted molar refractivity (Wildman–Crippen MR) is 69.6 cm³/mol. The van der Waals surface area contributed by atoms with Crippen LogP contribution < -0.4 is 0 Å². The minimum Gasteiger partial charge on any atom is -0.516 e. The number of unbranched alkanes of at least 4 members (excludes halogenated alkanes) is 10. The first-order chi connectivity index (χ1) is 7.91. The number of aliphatic hydroxyl groups is 2. The summed E-state index contributed by atoms with van der Waals surface area (Å²) in [6, 6.07) is 0. The molecule has 0 fully saturated rings. The highest BCUT2D eigenvalue weighted by Crippen LogP contribution is 2.11. The standard InChI is InChI=1S/C14H28O2/c15-13-11-9-7-5-3-1-2-4-6-8-10-12-14-16/h11,13,15-16H,1-10,12,14H2. The van der Waals surface area contributed by atoms with E-state index in [9.17, 15) is 0 Å². The molecule has 0 radical (unpaired) electrons.